The third-order valence-corrected chi connectivity index (χ3v) is 7.23. The minimum atomic E-state index is -3.32. The molecule has 0 bridgehead atoms. The lowest BCUT2D eigenvalue weighted by Crippen LogP contribution is -2.14. The van der Waals surface area contributed by atoms with Crippen molar-refractivity contribution in [2.75, 3.05) is 11.1 Å². The highest BCUT2D eigenvalue weighted by atomic mass is 32.2. The first-order chi connectivity index (χ1) is 17.2. The van der Waals surface area contributed by atoms with E-state index in [0.717, 1.165) is 0 Å². The maximum absolute atomic E-state index is 14.5. The Hall–Kier alpha value is -4.04. The molecule has 4 rings (SSSR count). The molecule has 4 aromatic carbocycles. The Kier molecular flexibility index (Phi) is 7.45. The van der Waals surface area contributed by atoms with E-state index in [4.69, 9.17) is 4.74 Å². The van der Waals surface area contributed by atoms with Gasteiger partial charge in [0.15, 0.2) is 9.84 Å². The molecule has 0 unspecified atom stereocenters. The largest absolute Gasteiger partial charge is 0.457 e. The average molecular weight is 508 g/mol. The summed E-state index contributed by atoms with van der Waals surface area (Å²) in [4.78, 5) is 12.9. The van der Waals surface area contributed by atoms with Crippen LogP contribution >= 0.6 is 0 Å². The molecule has 0 aliphatic rings. The standard InChI is InChI=1S/C28H23F2NO4S/c1-2-36(33,34)23-13-10-19(11-14-23)16-28(32)31-21-12-15-25(24-8-3-4-9-26(24)30)27(18-21)35-22-7-5-6-20(29)17-22/h3-15,17-18H,2,16H2,1H3,(H,31,32). The molecular formula is C28H23F2NO4S. The number of ether oxygens (including phenoxy) is 1. The second kappa shape index (κ2) is 10.7. The number of carbonyl (C=O) groups is 1. The summed E-state index contributed by atoms with van der Waals surface area (Å²) in [6.45, 7) is 1.57. The summed E-state index contributed by atoms with van der Waals surface area (Å²) >= 11 is 0. The second-order valence-corrected chi connectivity index (χ2v) is 10.3. The Morgan fingerprint density at radius 3 is 2.31 bits per heavy atom. The molecule has 0 aliphatic carbocycles. The Morgan fingerprint density at radius 1 is 0.861 bits per heavy atom. The molecule has 1 N–H and O–H groups in total. The molecule has 0 saturated carbocycles. The average Bonchev–Trinajstić information content (AvgIpc) is 2.85. The first-order valence-electron chi connectivity index (χ1n) is 11.2. The fraction of sp³-hybridized carbons (Fsp3) is 0.107. The molecule has 0 saturated heterocycles. The number of rotatable bonds is 8. The Bertz CT molecular complexity index is 1500. The van der Waals surface area contributed by atoms with Crippen LogP contribution in [0.1, 0.15) is 12.5 Å². The Balaban J connectivity index is 1.58. The van der Waals surface area contributed by atoms with Gasteiger partial charge in [-0.15, -0.1) is 0 Å². The van der Waals surface area contributed by atoms with Crippen LogP contribution < -0.4 is 10.1 Å². The first kappa shape index (κ1) is 25.1. The number of carbonyl (C=O) groups excluding carboxylic acids is 1. The number of sulfone groups is 1. The molecule has 1 amide bonds. The summed E-state index contributed by atoms with van der Waals surface area (Å²) in [5.74, 6) is -0.822. The van der Waals surface area contributed by atoms with Gasteiger partial charge in [0.1, 0.15) is 23.1 Å². The lowest BCUT2D eigenvalue weighted by molar-refractivity contribution is -0.115. The van der Waals surface area contributed by atoms with Crippen LogP contribution in [-0.2, 0) is 21.1 Å². The van der Waals surface area contributed by atoms with E-state index >= 15 is 0 Å². The van der Waals surface area contributed by atoms with Crippen LogP contribution in [0.5, 0.6) is 11.5 Å². The van der Waals surface area contributed by atoms with Gasteiger partial charge in [0.05, 0.1) is 17.1 Å². The molecule has 0 aromatic heterocycles. The normalized spacial score (nSPS) is 11.2. The number of nitrogens with one attached hydrogen (secondary N) is 1. The van der Waals surface area contributed by atoms with Gasteiger partial charge in [-0.1, -0.05) is 43.3 Å². The molecule has 0 radical (unpaired) electrons. The van der Waals surface area contributed by atoms with E-state index in [2.05, 4.69) is 5.32 Å². The van der Waals surface area contributed by atoms with Gasteiger partial charge in [0, 0.05) is 28.9 Å². The minimum absolute atomic E-state index is 0.00423. The molecule has 0 fully saturated rings. The van der Waals surface area contributed by atoms with E-state index < -0.39 is 21.5 Å². The van der Waals surface area contributed by atoms with Gasteiger partial charge in [0.2, 0.25) is 5.91 Å². The molecule has 36 heavy (non-hydrogen) atoms. The molecule has 5 nitrogen and oxygen atoms in total. The lowest BCUT2D eigenvalue weighted by Gasteiger charge is -2.15. The van der Waals surface area contributed by atoms with Crippen molar-refractivity contribution in [1.29, 1.82) is 0 Å². The van der Waals surface area contributed by atoms with E-state index in [0.29, 0.717) is 22.4 Å². The third-order valence-electron chi connectivity index (χ3n) is 5.48. The SMILES string of the molecule is CCS(=O)(=O)c1ccc(CC(=O)Nc2ccc(-c3ccccc3F)c(Oc3cccc(F)c3)c2)cc1. The van der Waals surface area contributed by atoms with Crippen LogP contribution in [0.25, 0.3) is 11.1 Å². The molecular weight excluding hydrogens is 484 g/mol. The number of hydrogen-bond acceptors (Lipinski definition) is 4. The Morgan fingerprint density at radius 2 is 1.61 bits per heavy atom. The monoisotopic (exact) mass is 507 g/mol. The number of halogens is 2. The lowest BCUT2D eigenvalue weighted by atomic mass is 10.0. The van der Waals surface area contributed by atoms with Crippen LogP contribution in [0.2, 0.25) is 0 Å². The smallest absolute Gasteiger partial charge is 0.228 e. The highest BCUT2D eigenvalue weighted by Gasteiger charge is 2.15. The fourth-order valence-corrected chi connectivity index (χ4v) is 4.50. The third kappa shape index (κ3) is 5.95. The van der Waals surface area contributed by atoms with Crippen molar-refractivity contribution in [2.45, 2.75) is 18.2 Å². The van der Waals surface area contributed by atoms with Crippen molar-refractivity contribution in [1.82, 2.24) is 0 Å². The van der Waals surface area contributed by atoms with Gasteiger partial charge in [-0.3, -0.25) is 4.79 Å². The van der Waals surface area contributed by atoms with Gasteiger partial charge in [0.25, 0.3) is 0 Å². The summed E-state index contributed by atoms with van der Waals surface area (Å²) < 4.78 is 58.0. The molecule has 8 heteroatoms. The predicted molar refractivity (Wildman–Crippen MR) is 135 cm³/mol. The van der Waals surface area contributed by atoms with Crippen molar-refractivity contribution in [3.8, 4) is 22.6 Å². The van der Waals surface area contributed by atoms with Crippen LogP contribution in [0.15, 0.2) is 95.9 Å². The van der Waals surface area contributed by atoms with Crippen molar-refractivity contribution in [3.63, 3.8) is 0 Å². The summed E-state index contributed by atoms with van der Waals surface area (Å²) in [7, 11) is -3.32. The summed E-state index contributed by atoms with van der Waals surface area (Å²) in [6, 6.07) is 22.7. The zero-order valence-electron chi connectivity index (χ0n) is 19.4. The predicted octanol–water partition coefficient (Wildman–Crippen LogP) is 6.40. The number of anilines is 1. The molecule has 0 spiro atoms. The van der Waals surface area contributed by atoms with Crippen molar-refractivity contribution < 1.29 is 26.7 Å². The van der Waals surface area contributed by atoms with E-state index in [-0.39, 0.29) is 34.5 Å². The van der Waals surface area contributed by atoms with Crippen molar-refractivity contribution in [3.05, 3.63) is 108 Å². The van der Waals surface area contributed by atoms with E-state index in [9.17, 15) is 22.0 Å². The molecule has 0 aliphatic heterocycles. The zero-order chi connectivity index (χ0) is 25.7. The first-order valence-corrected chi connectivity index (χ1v) is 12.8. The van der Waals surface area contributed by atoms with E-state index in [1.165, 1.54) is 36.4 Å². The van der Waals surface area contributed by atoms with E-state index in [1.54, 1.807) is 61.5 Å². The van der Waals surface area contributed by atoms with Gasteiger partial charge in [-0.2, -0.15) is 0 Å². The van der Waals surface area contributed by atoms with E-state index in [1.807, 2.05) is 0 Å². The van der Waals surface area contributed by atoms with Crippen LogP contribution in [0, 0.1) is 11.6 Å². The second-order valence-electron chi connectivity index (χ2n) is 8.02. The van der Waals surface area contributed by atoms with Crippen LogP contribution in [0.3, 0.4) is 0 Å². The van der Waals surface area contributed by atoms with Crippen molar-refractivity contribution >= 4 is 21.4 Å². The fourth-order valence-electron chi connectivity index (χ4n) is 3.62. The summed E-state index contributed by atoms with van der Waals surface area (Å²) in [5.41, 5.74) is 1.77. The zero-order valence-corrected chi connectivity index (χ0v) is 20.2. The van der Waals surface area contributed by atoms with Gasteiger partial charge >= 0.3 is 0 Å². The van der Waals surface area contributed by atoms with Gasteiger partial charge in [-0.25, -0.2) is 17.2 Å². The van der Waals surface area contributed by atoms with Gasteiger partial charge < -0.3 is 10.1 Å². The Labute approximate surface area is 208 Å². The quantitative estimate of drug-likeness (QED) is 0.300. The number of benzene rings is 4. The van der Waals surface area contributed by atoms with Crippen LogP contribution in [-0.4, -0.2) is 20.1 Å². The molecule has 184 valence electrons. The maximum atomic E-state index is 14.5. The van der Waals surface area contributed by atoms with Crippen LogP contribution in [0.4, 0.5) is 14.5 Å². The summed E-state index contributed by atoms with van der Waals surface area (Å²) in [5, 5.41) is 2.77. The molecule has 4 aromatic rings. The minimum Gasteiger partial charge on any atom is -0.457 e. The van der Waals surface area contributed by atoms with Crippen molar-refractivity contribution in [2.24, 2.45) is 0 Å². The summed E-state index contributed by atoms with van der Waals surface area (Å²) in [6.07, 6.45) is 0.0155. The molecule has 0 atom stereocenters. The molecule has 0 heterocycles. The maximum Gasteiger partial charge on any atom is 0.228 e. The topological polar surface area (TPSA) is 72.5 Å². The highest BCUT2D eigenvalue weighted by Crippen LogP contribution is 2.37. The highest BCUT2D eigenvalue weighted by molar-refractivity contribution is 7.91. The number of hydrogen-bond donors (Lipinski definition) is 1. The number of amides is 1. The van der Waals surface area contributed by atoms with Gasteiger partial charge in [-0.05, 0) is 48.0 Å².